The van der Waals surface area contributed by atoms with Crippen LogP contribution in [0.5, 0.6) is 0 Å². The normalized spacial score (nSPS) is 25.4. The highest BCUT2D eigenvalue weighted by atomic mass is 16.3. The molecule has 0 aliphatic carbocycles. The van der Waals surface area contributed by atoms with E-state index in [0.29, 0.717) is 5.92 Å². The number of hydrogen-bond acceptors (Lipinski definition) is 3. The zero-order valence-electron chi connectivity index (χ0n) is 12.0. The Morgan fingerprint density at radius 2 is 2.00 bits per heavy atom. The van der Waals surface area contributed by atoms with Gasteiger partial charge in [0.25, 0.3) is 0 Å². The molecule has 0 aromatic heterocycles. The highest BCUT2D eigenvalue weighted by Crippen LogP contribution is 2.26. The van der Waals surface area contributed by atoms with Crippen LogP contribution in [0, 0.1) is 12.8 Å². The summed E-state index contributed by atoms with van der Waals surface area (Å²) < 4.78 is 0. The van der Waals surface area contributed by atoms with Crippen molar-refractivity contribution in [2.45, 2.75) is 45.3 Å². The number of anilines is 1. The number of piperidine rings is 1. The molecule has 0 saturated carbocycles. The van der Waals surface area contributed by atoms with Crippen molar-refractivity contribution < 1.29 is 5.11 Å². The summed E-state index contributed by atoms with van der Waals surface area (Å²) >= 11 is 0. The molecule has 0 amide bonds. The molecule has 3 unspecified atom stereocenters. The van der Waals surface area contributed by atoms with E-state index in [2.05, 4.69) is 36.1 Å². The molecule has 3 heteroatoms. The van der Waals surface area contributed by atoms with Crippen LogP contribution in [0.4, 0.5) is 5.69 Å². The Morgan fingerprint density at radius 3 is 2.63 bits per heavy atom. The van der Waals surface area contributed by atoms with Crippen LogP contribution in [0.15, 0.2) is 24.3 Å². The predicted octanol–water partition coefficient (Wildman–Crippen LogP) is 2.31. The monoisotopic (exact) mass is 262 g/mol. The minimum Gasteiger partial charge on any atom is -0.393 e. The largest absolute Gasteiger partial charge is 0.393 e. The SMILES string of the molecule is CCC(O)CC1CC(N)CN(c2ccc(C)cc2)C1. The number of benzene rings is 1. The Kier molecular flexibility index (Phi) is 4.83. The molecule has 2 rings (SSSR count). The second-order valence-corrected chi connectivity index (χ2v) is 5.90. The number of nitrogens with zero attached hydrogens (tertiary/aromatic N) is 1. The van der Waals surface area contributed by atoms with E-state index in [4.69, 9.17) is 5.73 Å². The zero-order valence-corrected chi connectivity index (χ0v) is 12.0. The summed E-state index contributed by atoms with van der Waals surface area (Å²) in [6, 6.07) is 8.84. The minimum atomic E-state index is -0.185. The molecule has 3 atom stereocenters. The first-order chi connectivity index (χ1) is 9.08. The van der Waals surface area contributed by atoms with Gasteiger partial charge in [-0.25, -0.2) is 0 Å². The lowest BCUT2D eigenvalue weighted by Crippen LogP contribution is -2.47. The van der Waals surface area contributed by atoms with Gasteiger partial charge < -0.3 is 15.7 Å². The number of aliphatic hydroxyl groups excluding tert-OH is 1. The van der Waals surface area contributed by atoms with Gasteiger partial charge in [0.1, 0.15) is 0 Å². The van der Waals surface area contributed by atoms with Gasteiger partial charge in [0.15, 0.2) is 0 Å². The fourth-order valence-electron chi connectivity index (χ4n) is 2.94. The maximum absolute atomic E-state index is 9.83. The lowest BCUT2D eigenvalue weighted by molar-refractivity contribution is 0.131. The van der Waals surface area contributed by atoms with Gasteiger partial charge in [0.2, 0.25) is 0 Å². The summed E-state index contributed by atoms with van der Waals surface area (Å²) in [6.07, 6.45) is 2.54. The quantitative estimate of drug-likeness (QED) is 0.875. The van der Waals surface area contributed by atoms with E-state index >= 15 is 0 Å². The molecular weight excluding hydrogens is 236 g/mol. The first-order valence-electron chi connectivity index (χ1n) is 7.33. The number of nitrogens with two attached hydrogens (primary N) is 1. The second kappa shape index (κ2) is 6.40. The lowest BCUT2D eigenvalue weighted by Gasteiger charge is -2.38. The topological polar surface area (TPSA) is 49.5 Å². The fourth-order valence-corrected chi connectivity index (χ4v) is 2.94. The first kappa shape index (κ1) is 14.4. The number of aliphatic hydroxyl groups is 1. The van der Waals surface area contributed by atoms with Gasteiger partial charge in [-0.3, -0.25) is 0 Å². The third-order valence-electron chi connectivity index (χ3n) is 4.05. The average molecular weight is 262 g/mol. The van der Waals surface area contributed by atoms with Crippen LogP contribution >= 0.6 is 0 Å². The van der Waals surface area contributed by atoms with Crippen molar-refractivity contribution in [1.29, 1.82) is 0 Å². The molecule has 1 heterocycles. The number of rotatable bonds is 4. The minimum absolute atomic E-state index is 0.185. The van der Waals surface area contributed by atoms with Gasteiger partial charge in [-0.15, -0.1) is 0 Å². The maximum Gasteiger partial charge on any atom is 0.0541 e. The Morgan fingerprint density at radius 1 is 1.32 bits per heavy atom. The second-order valence-electron chi connectivity index (χ2n) is 5.90. The summed E-state index contributed by atoms with van der Waals surface area (Å²) in [5, 5.41) is 9.83. The molecule has 1 saturated heterocycles. The number of aryl methyl sites for hydroxylation is 1. The van der Waals surface area contributed by atoms with E-state index in [1.165, 1.54) is 11.3 Å². The molecule has 1 aliphatic rings. The Bertz CT molecular complexity index is 390. The maximum atomic E-state index is 9.83. The molecule has 3 nitrogen and oxygen atoms in total. The summed E-state index contributed by atoms with van der Waals surface area (Å²) in [5.74, 6) is 0.500. The molecule has 0 spiro atoms. The van der Waals surface area contributed by atoms with E-state index in [-0.39, 0.29) is 12.1 Å². The first-order valence-corrected chi connectivity index (χ1v) is 7.33. The third-order valence-corrected chi connectivity index (χ3v) is 4.05. The number of hydrogen-bond donors (Lipinski definition) is 2. The van der Waals surface area contributed by atoms with Crippen molar-refractivity contribution in [1.82, 2.24) is 0 Å². The molecule has 106 valence electrons. The molecule has 0 radical (unpaired) electrons. The van der Waals surface area contributed by atoms with Gasteiger partial charge in [0, 0.05) is 24.8 Å². The Hall–Kier alpha value is -1.06. The lowest BCUT2D eigenvalue weighted by atomic mass is 9.89. The summed E-state index contributed by atoms with van der Waals surface area (Å²) in [4.78, 5) is 2.36. The fraction of sp³-hybridized carbons (Fsp3) is 0.625. The van der Waals surface area contributed by atoms with Gasteiger partial charge in [-0.1, -0.05) is 24.6 Å². The molecular formula is C16H26N2O. The van der Waals surface area contributed by atoms with Crippen LogP contribution < -0.4 is 10.6 Å². The molecule has 19 heavy (non-hydrogen) atoms. The zero-order chi connectivity index (χ0) is 13.8. The van der Waals surface area contributed by atoms with Crippen molar-refractivity contribution in [3.63, 3.8) is 0 Å². The van der Waals surface area contributed by atoms with E-state index in [1.807, 2.05) is 6.92 Å². The van der Waals surface area contributed by atoms with E-state index in [1.54, 1.807) is 0 Å². The van der Waals surface area contributed by atoms with E-state index < -0.39 is 0 Å². The molecule has 3 N–H and O–H groups in total. The Balaban J connectivity index is 2.03. The summed E-state index contributed by atoms with van der Waals surface area (Å²) in [7, 11) is 0. The van der Waals surface area contributed by atoms with Crippen LogP contribution in [-0.2, 0) is 0 Å². The van der Waals surface area contributed by atoms with Crippen molar-refractivity contribution in [3.8, 4) is 0 Å². The summed E-state index contributed by atoms with van der Waals surface area (Å²) in [5.41, 5.74) is 8.70. The van der Waals surface area contributed by atoms with E-state index in [9.17, 15) is 5.11 Å². The molecule has 1 fully saturated rings. The van der Waals surface area contributed by atoms with Crippen molar-refractivity contribution in [2.75, 3.05) is 18.0 Å². The van der Waals surface area contributed by atoms with Crippen molar-refractivity contribution in [3.05, 3.63) is 29.8 Å². The van der Waals surface area contributed by atoms with Crippen molar-refractivity contribution in [2.24, 2.45) is 11.7 Å². The van der Waals surface area contributed by atoms with Gasteiger partial charge in [-0.2, -0.15) is 0 Å². The van der Waals surface area contributed by atoms with Gasteiger partial charge in [-0.05, 0) is 44.2 Å². The smallest absolute Gasteiger partial charge is 0.0541 e. The summed E-state index contributed by atoms with van der Waals surface area (Å²) in [6.45, 7) is 6.06. The average Bonchev–Trinajstić information content (AvgIpc) is 2.38. The van der Waals surface area contributed by atoms with Crippen molar-refractivity contribution >= 4 is 5.69 Å². The van der Waals surface area contributed by atoms with E-state index in [0.717, 1.165) is 32.4 Å². The molecule has 1 aromatic carbocycles. The van der Waals surface area contributed by atoms with Gasteiger partial charge >= 0.3 is 0 Å². The third kappa shape index (κ3) is 3.95. The highest BCUT2D eigenvalue weighted by Gasteiger charge is 2.26. The van der Waals surface area contributed by atoms with Gasteiger partial charge in [0.05, 0.1) is 6.10 Å². The van der Waals surface area contributed by atoms with Crippen LogP contribution in [-0.4, -0.2) is 30.3 Å². The molecule has 0 bridgehead atoms. The van der Waals surface area contributed by atoms with Crippen LogP contribution in [0.3, 0.4) is 0 Å². The highest BCUT2D eigenvalue weighted by molar-refractivity contribution is 5.48. The molecule has 1 aromatic rings. The Labute approximate surface area is 116 Å². The van der Waals surface area contributed by atoms with Crippen LogP contribution in [0.1, 0.15) is 31.7 Å². The predicted molar refractivity (Wildman–Crippen MR) is 80.4 cm³/mol. The van der Waals surface area contributed by atoms with Crippen LogP contribution in [0.2, 0.25) is 0 Å². The standard InChI is InChI=1S/C16H26N2O/c1-3-16(19)9-13-8-14(17)11-18(10-13)15-6-4-12(2)5-7-15/h4-7,13-14,16,19H,3,8-11,17H2,1-2H3. The molecule has 1 aliphatic heterocycles. The van der Waals surface area contributed by atoms with Crippen LogP contribution in [0.25, 0.3) is 0 Å².